The Labute approximate surface area is 123 Å². The molecule has 21 heavy (non-hydrogen) atoms. The van der Waals surface area contributed by atoms with Crippen molar-refractivity contribution in [3.8, 4) is 0 Å². The number of halogens is 1. The molecule has 2 atom stereocenters. The van der Waals surface area contributed by atoms with Crippen LogP contribution in [0.5, 0.6) is 0 Å². The van der Waals surface area contributed by atoms with Gasteiger partial charge in [0, 0.05) is 18.2 Å². The van der Waals surface area contributed by atoms with Gasteiger partial charge in [-0.3, -0.25) is 4.79 Å². The van der Waals surface area contributed by atoms with E-state index in [2.05, 4.69) is 6.07 Å². The maximum atomic E-state index is 13.8. The molecule has 2 aliphatic rings. The summed E-state index contributed by atoms with van der Waals surface area (Å²) < 4.78 is 13.8. The van der Waals surface area contributed by atoms with E-state index in [1.807, 2.05) is 29.2 Å². The van der Waals surface area contributed by atoms with Crippen LogP contribution in [-0.2, 0) is 11.2 Å². The minimum atomic E-state index is -0.195. The van der Waals surface area contributed by atoms with E-state index in [0.717, 1.165) is 25.1 Å². The first-order valence-electron chi connectivity index (χ1n) is 7.39. The highest BCUT2D eigenvalue weighted by Gasteiger charge is 2.47. The van der Waals surface area contributed by atoms with Crippen LogP contribution in [0.1, 0.15) is 23.5 Å². The fourth-order valence-electron chi connectivity index (χ4n) is 3.35. The van der Waals surface area contributed by atoms with Crippen molar-refractivity contribution in [3.05, 3.63) is 65.5 Å². The smallest absolute Gasteiger partial charge is 0.230 e. The van der Waals surface area contributed by atoms with Gasteiger partial charge in [0.1, 0.15) is 5.82 Å². The molecule has 0 spiro atoms. The predicted molar refractivity (Wildman–Crippen MR) is 79.7 cm³/mol. The van der Waals surface area contributed by atoms with Gasteiger partial charge in [-0.05, 0) is 42.0 Å². The van der Waals surface area contributed by atoms with Crippen LogP contribution in [0.25, 0.3) is 0 Å². The number of nitrogens with zero attached hydrogens (tertiary/aromatic N) is 1. The molecule has 4 rings (SSSR count). The van der Waals surface area contributed by atoms with Crippen LogP contribution in [-0.4, -0.2) is 12.5 Å². The molecular formula is C18H16FNO. The Bertz CT molecular complexity index is 712. The third kappa shape index (κ3) is 2.04. The molecule has 0 bridgehead atoms. The third-order valence-electron chi connectivity index (χ3n) is 4.57. The van der Waals surface area contributed by atoms with Crippen LogP contribution in [0.15, 0.2) is 48.5 Å². The number of amides is 1. The molecule has 106 valence electrons. The highest BCUT2D eigenvalue weighted by atomic mass is 19.1. The lowest BCUT2D eigenvalue weighted by Gasteiger charge is -2.17. The van der Waals surface area contributed by atoms with Gasteiger partial charge >= 0.3 is 0 Å². The molecule has 1 aliphatic carbocycles. The van der Waals surface area contributed by atoms with Crippen molar-refractivity contribution < 1.29 is 9.18 Å². The molecule has 1 saturated carbocycles. The molecule has 2 aromatic carbocycles. The standard InChI is InChI=1S/C18H16FNO/c19-16-7-3-2-6-13(16)14-11-15(14)18(21)20-10-9-12-5-1-4-8-17(12)20/h1-8,14-15H,9-11H2. The van der Waals surface area contributed by atoms with Gasteiger partial charge in [-0.2, -0.15) is 0 Å². The minimum absolute atomic E-state index is 0.0477. The Hall–Kier alpha value is -2.16. The van der Waals surface area contributed by atoms with E-state index in [-0.39, 0.29) is 23.6 Å². The van der Waals surface area contributed by atoms with Gasteiger partial charge < -0.3 is 4.90 Å². The van der Waals surface area contributed by atoms with Gasteiger partial charge in [-0.25, -0.2) is 4.39 Å². The lowest BCUT2D eigenvalue weighted by atomic mass is 10.1. The molecule has 0 N–H and O–H groups in total. The Balaban J connectivity index is 1.55. The monoisotopic (exact) mass is 281 g/mol. The molecule has 0 saturated heterocycles. The number of fused-ring (bicyclic) bond motifs is 1. The number of hydrogen-bond donors (Lipinski definition) is 0. The van der Waals surface area contributed by atoms with E-state index in [1.165, 1.54) is 11.6 Å². The molecule has 0 radical (unpaired) electrons. The summed E-state index contributed by atoms with van der Waals surface area (Å²) in [6.07, 6.45) is 1.68. The Kier molecular flexibility index (Phi) is 2.81. The highest BCUT2D eigenvalue weighted by Crippen LogP contribution is 2.50. The number of carbonyl (C=O) groups excluding carboxylic acids is 1. The molecule has 1 amide bonds. The predicted octanol–water partition coefficient (Wildman–Crippen LogP) is 3.52. The third-order valence-corrected chi connectivity index (χ3v) is 4.57. The largest absolute Gasteiger partial charge is 0.312 e. The Morgan fingerprint density at radius 3 is 2.71 bits per heavy atom. The summed E-state index contributed by atoms with van der Waals surface area (Å²) in [5.74, 6) is -0.0626. The minimum Gasteiger partial charge on any atom is -0.312 e. The van der Waals surface area contributed by atoms with Crippen molar-refractivity contribution in [2.24, 2.45) is 5.92 Å². The van der Waals surface area contributed by atoms with Crippen molar-refractivity contribution in [2.75, 3.05) is 11.4 Å². The first-order chi connectivity index (χ1) is 10.3. The molecule has 0 aromatic heterocycles. The molecule has 2 unspecified atom stereocenters. The number of benzene rings is 2. The van der Waals surface area contributed by atoms with Crippen LogP contribution in [0.3, 0.4) is 0 Å². The number of hydrogen-bond acceptors (Lipinski definition) is 1. The summed E-state index contributed by atoms with van der Waals surface area (Å²) in [4.78, 5) is 14.5. The SMILES string of the molecule is O=C(C1CC1c1ccccc1F)N1CCc2ccccc21. The maximum absolute atomic E-state index is 13.8. The fourth-order valence-corrected chi connectivity index (χ4v) is 3.35. The van der Waals surface area contributed by atoms with Gasteiger partial charge in [0.2, 0.25) is 5.91 Å². The van der Waals surface area contributed by atoms with Crippen molar-refractivity contribution in [1.82, 2.24) is 0 Å². The van der Waals surface area contributed by atoms with Crippen molar-refractivity contribution >= 4 is 11.6 Å². The van der Waals surface area contributed by atoms with Crippen molar-refractivity contribution in [2.45, 2.75) is 18.8 Å². The van der Waals surface area contributed by atoms with Crippen LogP contribution in [0.2, 0.25) is 0 Å². The highest BCUT2D eigenvalue weighted by molar-refractivity contribution is 5.99. The van der Waals surface area contributed by atoms with E-state index >= 15 is 0 Å². The van der Waals surface area contributed by atoms with Gasteiger partial charge in [0.15, 0.2) is 0 Å². The van der Waals surface area contributed by atoms with Crippen molar-refractivity contribution in [1.29, 1.82) is 0 Å². The van der Waals surface area contributed by atoms with Crippen LogP contribution >= 0.6 is 0 Å². The maximum Gasteiger partial charge on any atom is 0.230 e. The molecule has 1 heterocycles. The fraction of sp³-hybridized carbons (Fsp3) is 0.278. The Morgan fingerprint density at radius 1 is 1.10 bits per heavy atom. The molecule has 2 aromatic rings. The topological polar surface area (TPSA) is 20.3 Å². The van der Waals surface area contributed by atoms with E-state index in [9.17, 15) is 9.18 Å². The van der Waals surface area contributed by atoms with Crippen LogP contribution in [0.4, 0.5) is 10.1 Å². The zero-order chi connectivity index (χ0) is 14.4. The second kappa shape index (κ2) is 4.69. The summed E-state index contributed by atoms with van der Waals surface area (Å²) in [6.45, 7) is 0.749. The second-order valence-electron chi connectivity index (χ2n) is 5.84. The van der Waals surface area contributed by atoms with Gasteiger partial charge in [-0.1, -0.05) is 36.4 Å². The molecule has 3 heteroatoms. The van der Waals surface area contributed by atoms with Gasteiger partial charge in [0.05, 0.1) is 0 Å². The van der Waals surface area contributed by atoms with Gasteiger partial charge in [0.25, 0.3) is 0 Å². The van der Waals surface area contributed by atoms with E-state index in [0.29, 0.717) is 5.56 Å². The lowest BCUT2D eigenvalue weighted by Crippen LogP contribution is -2.30. The van der Waals surface area contributed by atoms with E-state index < -0.39 is 0 Å². The zero-order valence-corrected chi connectivity index (χ0v) is 11.6. The molecular weight excluding hydrogens is 265 g/mol. The van der Waals surface area contributed by atoms with Crippen LogP contribution < -0.4 is 4.90 Å². The first kappa shape index (κ1) is 12.6. The first-order valence-corrected chi connectivity index (χ1v) is 7.39. The van der Waals surface area contributed by atoms with E-state index in [1.54, 1.807) is 12.1 Å². The quantitative estimate of drug-likeness (QED) is 0.824. The number of carbonyl (C=O) groups is 1. The zero-order valence-electron chi connectivity index (χ0n) is 11.6. The van der Waals surface area contributed by atoms with Crippen molar-refractivity contribution in [3.63, 3.8) is 0 Å². The molecule has 1 aliphatic heterocycles. The number of anilines is 1. The van der Waals surface area contributed by atoms with E-state index in [4.69, 9.17) is 0 Å². The molecule has 1 fully saturated rings. The summed E-state index contributed by atoms with van der Waals surface area (Å²) in [7, 11) is 0. The summed E-state index contributed by atoms with van der Waals surface area (Å²) in [5.41, 5.74) is 2.94. The Morgan fingerprint density at radius 2 is 1.86 bits per heavy atom. The average molecular weight is 281 g/mol. The summed E-state index contributed by atoms with van der Waals surface area (Å²) in [6, 6.07) is 14.8. The van der Waals surface area contributed by atoms with Crippen LogP contribution in [0, 0.1) is 11.7 Å². The average Bonchev–Trinajstić information content (AvgIpc) is 3.18. The second-order valence-corrected chi connectivity index (χ2v) is 5.84. The lowest BCUT2D eigenvalue weighted by molar-refractivity contribution is -0.119. The number of rotatable bonds is 2. The number of para-hydroxylation sites is 1. The molecule has 2 nitrogen and oxygen atoms in total. The van der Waals surface area contributed by atoms with Gasteiger partial charge in [-0.15, -0.1) is 0 Å². The summed E-state index contributed by atoms with van der Waals surface area (Å²) in [5, 5.41) is 0. The normalized spacial score (nSPS) is 23.0. The summed E-state index contributed by atoms with van der Waals surface area (Å²) >= 11 is 0.